The molecule has 0 aliphatic carbocycles. The van der Waals surface area contributed by atoms with Crippen LogP contribution < -0.4 is 5.73 Å². The number of rotatable bonds is 3. The van der Waals surface area contributed by atoms with E-state index in [1.165, 1.54) is 0 Å². The first-order valence-electron chi connectivity index (χ1n) is 5.31. The van der Waals surface area contributed by atoms with Crippen LogP contribution in [0.25, 0.3) is 10.8 Å². The number of aliphatic hydroxyl groups is 1. The number of fused-ring (bicyclic) bond motifs is 1. The summed E-state index contributed by atoms with van der Waals surface area (Å²) in [5, 5.41) is 20.7. The largest absolute Gasteiger partial charge is 0.507 e. The maximum absolute atomic E-state index is 10.1. The number of halogens is 1. The highest BCUT2D eigenvalue weighted by Crippen LogP contribution is 2.32. The first kappa shape index (κ1) is 13.8. The lowest BCUT2D eigenvalue weighted by Crippen LogP contribution is -2.12. The molecule has 1 unspecified atom stereocenters. The van der Waals surface area contributed by atoms with E-state index in [4.69, 9.17) is 10.8 Å². The SMILES string of the molecule is Cl.NC(CCO)c1ccc2ccccc2c1O. The Balaban J connectivity index is 0.00000144. The maximum atomic E-state index is 10.1. The second-order valence-electron chi connectivity index (χ2n) is 3.84. The van der Waals surface area contributed by atoms with Gasteiger partial charge in [0.2, 0.25) is 0 Å². The normalized spacial score (nSPS) is 12.1. The molecule has 2 rings (SSSR count). The van der Waals surface area contributed by atoms with Gasteiger partial charge in [0, 0.05) is 23.6 Å². The van der Waals surface area contributed by atoms with Crippen LogP contribution in [0.4, 0.5) is 0 Å². The highest BCUT2D eigenvalue weighted by molar-refractivity contribution is 5.89. The van der Waals surface area contributed by atoms with E-state index in [2.05, 4.69) is 0 Å². The number of nitrogens with two attached hydrogens (primary N) is 1. The molecule has 0 aliphatic heterocycles. The second kappa shape index (κ2) is 5.87. The molecular formula is C13H16ClNO2. The summed E-state index contributed by atoms with van der Waals surface area (Å²) in [6.07, 6.45) is 0.450. The van der Waals surface area contributed by atoms with Crippen molar-refractivity contribution >= 4 is 23.2 Å². The van der Waals surface area contributed by atoms with Gasteiger partial charge in [0.25, 0.3) is 0 Å². The Labute approximate surface area is 106 Å². The third-order valence-electron chi connectivity index (χ3n) is 2.77. The fourth-order valence-electron chi connectivity index (χ4n) is 1.87. The van der Waals surface area contributed by atoms with E-state index in [9.17, 15) is 5.11 Å². The number of aliphatic hydroxyl groups excluding tert-OH is 1. The summed E-state index contributed by atoms with van der Waals surface area (Å²) in [5.41, 5.74) is 6.57. The molecular weight excluding hydrogens is 238 g/mol. The van der Waals surface area contributed by atoms with Gasteiger partial charge in [-0.2, -0.15) is 0 Å². The van der Waals surface area contributed by atoms with E-state index in [0.717, 1.165) is 10.8 Å². The molecule has 0 aromatic heterocycles. The Bertz CT molecular complexity index is 502. The van der Waals surface area contributed by atoms with Crippen LogP contribution in [0.15, 0.2) is 36.4 Å². The molecule has 3 nitrogen and oxygen atoms in total. The van der Waals surface area contributed by atoms with Gasteiger partial charge in [0.1, 0.15) is 5.75 Å². The summed E-state index contributed by atoms with van der Waals surface area (Å²) in [7, 11) is 0. The molecule has 1 atom stereocenters. The zero-order valence-electron chi connectivity index (χ0n) is 9.34. The second-order valence-corrected chi connectivity index (χ2v) is 3.84. The van der Waals surface area contributed by atoms with Crippen molar-refractivity contribution in [2.75, 3.05) is 6.61 Å². The molecule has 0 heterocycles. The lowest BCUT2D eigenvalue weighted by Gasteiger charge is -2.13. The minimum atomic E-state index is -0.324. The molecule has 17 heavy (non-hydrogen) atoms. The van der Waals surface area contributed by atoms with Gasteiger partial charge in [-0.05, 0) is 11.8 Å². The monoisotopic (exact) mass is 253 g/mol. The fourth-order valence-corrected chi connectivity index (χ4v) is 1.87. The zero-order chi connectivity index (χ0) is 11.5. The average Bonchev–Trinajstić information content (AvgIpc) is 2.30. The number of hydrogen-bond acceptors (Lipinski definition) is 3. The summed E-state index contributed by atoms with van der Waals surface area (Å²) >= 11 is 0. The number of aromatic hydroxyl groups is 1. The van der Waals surface area contributed by atoms with Gasteiger partial charge >= 0.3 is 0 Å². The van der Waals surface area contributed by atoms with E-state index in [-0.39, 0.29) is 30.8 Å². The number of phenols is 1. The first-order valence-corrected chi connectivity index (χ1v) is 5.31. The van der Waals surface area contributed by atoms with Gasteiger partial charge in [-0.25, -0.2) is 0 Å². The van der Waals surface area contributed by atoms with Gasteiger partial charge in [0.05, 0.1) is 0 Å². The lowest BCUT2D eigenvalue weighted by molar-refractivity contribution is 0.275. The van der Waals surface area contributed by atoms with Gasteiger partial charge < -0.3 is 15.9 Å². The van der Waals surface area contributed by atoms with Gasteiger partial charge in [-0.3, -0.25) is 0 Å². The van der Waals surface area contributed by atoms with Crippen molar-refractivity contribution in [2.45, 2.75) is 12.5 Å². The summed E-state index contributed by atoms with van der Waals surface area (Å²) in [5.74, 6) is 0.221. The van der Waals surface area contributed by atoms with E-state index < -0.39 is 0 Å². The van der Waals surface area contributed by atoms with Crippen molar-refractivity contribution < 1.29 is 10.2 Å². The molecule has 0 saturated carbocycles. The highest BCUT2D eigenvalue weighted by Gasteiger charge is 2.12. The molecule has 0 fully saturated rings. The average molecular weight is 254 g/mol. The van der Waals surface area contributed by atoms with Crippen molar-refractivity contribution in [3.05, 3.63) is 42.0 Å². The van der Waals surface area contributed by atoms with E-state index in [0.29, 0.717) is 12.0 Å². The Morgan fingerprint density at radius 3 is 2.53 bits per heavy atom. The zero-order valence-corrected chi connectivity index (χ0v) is 10.2. The number of phenolic OH excluding ortho intramolecular Hbond substituents is 1. The van der Waals surface area contributed by atoms with Crippen LogP contribution in [0, 0.1) is 0 Å². The van der Waals surface area contributed by atoms with E-state index >= 15 is 0 Å². The summed E-state index contributed by atoms with van der Waals surface area (Å²) in [6.45, 7) is 0.0213. The first-order chi connectivity index (χ1) is 7.74. The Hall–Kier alpha value is -1.29. The Kier molecular flexibility index (Phi) is 4.75. The molecule has 0 radical (unpaired) electrons. The molecule has 0 bridgehead atoms. The Morgan fingerprint density at radius 1 is 1.12 bits per heavy atom. The van der Waals surface area contributed by atoms with Crippen LogP contribution in [-0.4, -0.2) is 16.8 Å². The minimum Gasteiger partial charge on any atom is -0.507 e. The minimum absolute atomic E-state index is 0. The molecule has 2 aromatic rings. The van der Waals surface area contributed by atoms with Gasteiger partial charge in [-0.15, -0.1) is 12.4 Å². The van der Waals surface area contributed by atoms with Crippen molar-refractivity contribution in [3.63, 3.8) is 0 Å². The quantitative estimate of drug-likeness (QED) is 0.787. The molecule has 4 heteroatoms. The van der Waals surface area contributed by atoms with E-state index in [1.807, 2.05) is 36.4 Å². The lowest BCUT2D eigenvalue weighted by atomic mass is 9.99. The highest BCUT2D eigenvalue weighted by atomic mass is 35.5. The smallest absolute Gasteiger partial charge is 0.128 e. The molecule has 4 N–H and O–H groups in total. The molecule has 0 spiro atoms. The van der Waals surface area contributed by atoms with Crippen LogP contribution >= 0.6 is 12.4 Å². The van der Waals surface area contributed by atoms with Crippen LogP contribution in [0.1, 0.15) is 18.0 Å². The number of benzene rings is 2. The van der Waals surface area contributed by atoms with Crippen LogP contribution in [0.2, 0.25) is 0 Å². The van der Waals surface area contributed by atoms with Crippen LogP contribution in [0.5, 0.6) is 5.75 Å². The molecule has 0 saturated heterocycles. The van der Waals surface area contributed by atoms with Crippen LogP contribution in [-0.2, 0) is 0 Å². The standard InChI is InChI=1S/C13H15NO2.ClH/c14-12(7-8-15)11-6-5-9-3-1-2-4-10(9)13(11)16;/h1-6,12,15-16H,7-8,14H2;1H. The summed E-state index contributed by atoms with van der Waals surface area (Å²) < 4.78 is 0. The molecule has 2 aromatic carbocycles. The maximum Gasteiger partial charge on any atom is 0.128 e. The predicted molar refractivity (Wildman–Crippen MR) is 71.5 cm³/mol. The van der Waals surface area contributed by atoms with Gasteiger partial charge in [-0.1, -0.05) is 36.4 Å². The van der Waals surface area contributed by atoms with Crippen LogP contribution in [0.3, 0.4) is 0 Å². The number of hydrogen-bond donors (Lipinski definition) is 3. The molecule has 0 aliphatic rings. The van der Waals surface area contributed by atoms with Crippen molar-refractivity contribution in [1.29, 1.82) is 0 Å². The fraction of sp³-hybridized carbons (Fsp3) is 0.231. The third kappa shape index (κ3) is 2.69. The third-order valence-corrected chi connectivity index (χ3v) is 2.77. The van der Waals surface area contributed by atoms with Crippen molar-refractivity contribution in [2.24, 2.45) is 5.73 Å². The van der Waals surface area contributed by atoms with Crippen molar-refractivity contribution in [3.8, 4) is 5.75 Å². The predicted octanol–water partition coefficient (Wildman–Crippen LogP) is 2.35. The van der Waals surface area contributed by atoms with E-state index in [1.54, 1.807) is 0 Å². The van der Waals surface area contributed by atoms with Crippen molar-refractivity contribution in [1.82, 2.24) is 0 Å². The van der Waals surface area contributed by atoms with Gasteiger partial charge in [0.15, 0.2) is 0 Å². The molecule has 0 amide bonds. The summed E-state index contributed by atoms with van der Waals surface area (Å²) in [4.78, 5) is 0. The Morgan fingerprint density at radius 2 is 1.82 bits per heavy atom. The molecule has 92 valence electrons. The summed E-state index contributed by atoms with van der Waals surface area (Å²) in [6, 6.07) is 11.0. The topological polar surface area (TPSA) is 66.5 Å².